The fourth-order valence-electron chi connectivity index (χ4n) is 4.95. The van der Waals surface area contributed by atoms with Crippen LogP contribution in [0, 0.1) is 13.8 Å². The maximum absolute atomic E-state index is 4.41. The van der Waals surface area contributed by atoms with Gasteiger partial charge in [-0.15, -0.1) is 56.9 Å². The summed E-state index contributed by atoms with van der Waals surface area (Å²) < 4.78 is 0. The van der Waals surface area contributed by atoms with E-state index in [9.17, 15) is 0 Å². The molecule has 43 heavy (non-hydrogen) atoms. The third-order valence-electron chi connectivity index (χ3n) is 7.15. The van der Waals surface area contributed by atoms with E-state index in [0.29, 0.717) is 0 Å². The molecule has 0 bridgehead atoms. The third kappa shape index (κ3) is 8.49. The van der Waals surface area contributed by atoms with E-state index in [1.807, 2.05) is 36.7 Å². The summed E-state index contributed by atoms with van der Waals surface area (Å²) in [7, 11) is 0. The molecule has 0 aliphatic rings. The van der Waals surface area contributed by atoms with Crippen molar-refractivity contribution in [3.05, 3.63) is 151 Å². The Morgan fingerprint density at radius 3 is 1.37 bits per heavy atom. The second-order valence-electron chi connectivity index (χ2n) is 9.99. The zero-order valence-corrected chi connectivity index (χ0v) is 29.4. The van der Waals surface area contributed by atoms with Crippen molar-refractivity contribution in [3.8, 4) is 22.5 Å². The molecule has 0 unspecified atom stereocenters. The van der Waals surface area contributed by atoms with Gasteiger partial charge < -0.3 is 24.8 Å². The number of aryl methyl sites for hydroxylation is 2. The molecule has 0 saturated heterocycles. The summed E-state index contributed by atoms with van der Waals surface area (Å²) in [5.74, 6) is 0. The van der Waals surface area contributed by atoms with E-state index >= 15 is 0 Å². The van der Waals surface area contributed by atoms with Gasteiger partial charge in [0.2, 0.25) is 0 Å². The van der Waals surface area contributed by atoms with Gasteiger partial charge in [0.25, 0.3) is 0 Å². The molecule has 0 fully saturated rings. The monoisotopic (exact) mass is 692 g/mol. The molecule has 0 N–H and O–H groups in total. The minimum atomic E-state index is -0.122. The average Bonchev–Trinajstić information content (AvgIpc) is 3.72. The zero-order chi connectivity index (χ0) is 28.6. The normalized spacial score (nSPS) is 9.98. The molecule has 0 atom stereocenters. The SMILES string of the molecule is C[Si](=[Zr+2])c1ccccc1.Cc1ccc(-c2ccccn2)c2cc[cH-]c12.Cc1ccc(-c2ccccn2)c2cc[cH-]c12.[Cl-].[Cl-]. The molecule has 0 saturated carbocycles. The Kier molecular flexibility index (Phi) is 13.3. The van der Waals surface area contributed by atoms with Gasteiger partial charge in [-0.25, -0.2) is 0 Å². The van der Waals surface area contributed by atoms with Gasteiger partial charge in [-0.1, -0.05) is 38.1 Å². The summed E-state index contributed by atoms with van der Waals surface area (Å²) >= 11 is 1.69. The Morgan fingerprint density at radius 1 is 0.558 bits per heavy atom. The number of aromatic nitrogens is 2. The van der Waals surface area contributed by atoms with E-state index in [2.05, 4.69) is 133 Å². The van der Waals surface area contributed by atoms with Crippen LogP contribution in [-0.4, -0.2) is 15.4 Å². The van der Waals surface area contributed by atoms with E-state index < -0.39 is 0 Å². The second kappa shape index (κ2) is 16.6. The summed E-state index contributed by atoms with van der Waals surface area (Å²) in [6.45, 7) is 6.63. The molecule has 7 rings (SSSR count). The maximum Gasteiger partial charge on any atom is 0.0607 e. The van der Waals surface area contributed by atoms with E-state index in [0.717, 1.165) is 11.4 Å². The summed E-state index contributed by atoms with van der Waals surface area (Å²) in [4.78, 5) is 8.82. The van der Waals surface area contributed by atoms with Gasteiger partial charge in [-0.2, -0.15) is 24.3 Å². The Labute approximate surface area is 282 Å². The van der Waals surface area contributed by atoms with Crippen molar-refractivity contribution in [2.75, 3.05) is 0 Å². The fraction of sp³-hybridized carbons (Fsp3) is 0.0811. The van der Waals surface area contributed by atoms with Gasteiger partial charge in [0, 0.05) is 12.4 Å². The zero-order valence-electron chi connectivity index (χ0n) is 24.4. The van der Waals surface area contributed by atoms with Crippen LogP contribution >= 0.6 is 0 Å². The topological polar surface area (TPSA) is 25.8 Å². The molecule has 0 amide bonds. The molecule has 0 aliphatic heterocycles. The molecule has 214 valence electrons. The molecule has 0 spiro atoms. The Morgan fingerprint density at radius 2 is 1.00 bits per heavy atom. The van der Waals surface area contributed by atoms with Gasteiger partial charge in [-0.3, -0.25) is 9.97 Å². The number of rotatable bonds is 3. The quantitative estimate of drug-likeness (QED) is 0.210. The van der Waals surface area contributed by atoms with Crippen LogP contribution in [0.1, 0.15) is 11.1 Å². The maximum atomic E-state index is 4.41. The third-order valence-corrected chi connectivity index (χ3v) is 10.5. The number of nitrogens with zero attached hydrogens (tertiary/aromatic N) is 2. The van der Waals surface area contributed by atoms with E-state index in [1.165, 1.54) is 43.8 Å². The van der Waals surface area contributed by atoms with E-state index in [-0.39, 0.29) is 30.2 Å². The Bertz CT molecular complexity index is 1770. The van der Waals surface area contributed by atoms with Gasteiger partial charge in [0.1, 0.15) is 0 Å². The minimum absolute atomic E-state index is 0. The first-order valence-electron chi connectivity index (χ1n) is 13.8. The van der Waals surface area contributed by atoms with Crippen LogP contribution in [0.25, 0.3) is 44.1 Å². The molecule has 2 aromatic heterocycles. The number of hydrogen-bond donors (Lipinski definition) is 0. The van der Waals surface area contributed by atoms with Crippen LogP contribution < -0.4 is 30.0 Å². The molecule has 2 nitrogen and oxygen atoms in total. The molecule has 7 aromatic rings. The number of pyridine rings is 2. The first kappa shape index (κ1) is 34.4. The molecule has 5 aromatic carbocycles. The second-order valence-corrected chi connectivity index (χ2v) is 17.3. The van der Waals surface area contributed by atoms with Gasteiger partial charge >= 0.3 is 70.8 Å². The van der Waals surface area contributed by atoms with Crippen LogP contribution in [0.3, 0.4) is 0 Å². The summed E-state index contributed by atoms with van der Waals surface area (Å²) in [6, 6.07) is 44.3. The van der Waals surface area contributed by atoms with Crippen molar-refractivity contribution < 1.29 is 48.1 Å². The van der Waals surface area contributed by atoms with Crippen molar-refractivity contribution in [1.82, 2.24) is 9.97 Å². The molecule has 0 radical (unpaired) electrons. The van der Waals surface area contributed by atoms with Crippen molar-refractivity contribution in [1.29, 1.82) is 0 Å². The molecular weight excluding hydrogens is 663 g/mol. The van der Waals surface area contributed by atoms with Gasteiger partial charge in [-0.05, 0) is 35.4 Å². The molecular formula is C37H32Cl2N2SiZr-2. The number of benzene rings is 3. The average molecular weight is 695 g/mol. The summed E-state index contributed by atoms with van der Waals surface area (Å²) in [5, 5.41) is 6.78. The minimum Gasteiger partial charge on any atom is -1.00 e. The first-order valence-corrected chi connectivity index (χ1v) is 19.4. The number of fused-ring (bicyclic) bond motifs is 2. The number of hydrogen-bond acceptors (Lipinski definition) is 2. The fourth-order valence-corrected chi connectivity index (χ4v) is 6.87. The van der Waals surface area contributed by atoms with E-state index in [4.69, 9.17) is 0 Å². The van der Waals surface area contributed by atoms with Crippen molar-refractivity contribution in [2.24, 2.45) is 0 Å². The first-order chi connectivity index (χ1) is 20.0. The molecule has 0 aliphatic carbocycles. The summed E-state index contributed by atoms with van der Waals surface area (Å²) in [5.41, 5.74) is 7.03. The molecule has 6 heteroatoms. The van der Waals surface area contributed by atoms with Crippen LogP contribution in [0.5, 0.6) is 0 Å². The smallest absolute Gasteiger partial charge is 0.0607 e. The van der Waals surface area contributed by atoms with Crippen molar-refractivity contribution >= 4 is 32.2 Å². The Hall–Kier alpha value is -3.14. The van der Waals surface area contributed by atoms with Crippen molar-refractivity contribution in [2.45, 2.75) is 20.4 Å². The van der Waals surface area contributed by atoms with Crippen LogP contribution in [0.15, 0.2) is 140 Å². The summed E-state index contributed by atoms with van der Waals surface area (Å²) in [6.07, 6.45) is 3.67. The molecule has 2 heterocycles. The van der Waals surface area contributed by atoms with Crippen LogP contribution in [-0.2, 0) is 23.3 Å². The number of halogens is 2. The Balaban J connectivity index is 0.000000180. The van der Waals surface area contributed by atoms with Gasteiger partial charge in [0.05, 0.1) is 11.4 Å². The predicted molar refractivity (Wildman–Crippen MR) is 173 cm³/mol. The van der Waals surface area contributed by atoms with Crippen molar-refractivity contribution in [3.63, 3.8) is 0 Å². The predicted octanol–water partition coefficient (Wildman–Crippen LogP) is 2.93. The van der Waals surface area contributed by atoms with Crippen LogP contribution in [0.2, 0.25) is 6.55 Å². The van der Waals surface area contributed by atoms with Gasteiger partial charge in [0.15, 0.2) is 0 Å². The van der Waals surface area contributed by atoms with E-state index in [1.54, 1.807) is 28.5 Å². The standard InChI is InChI=1S/2C15H12N.C7H8Si.2ClH.Zr/c2*1-11-8-9-14(13-6-4-5-12(11)13)15-7-2-3-10-16-15;1-8-7-5-3-2-4-6-7;;;/h2*2-10H,1H3;2-6H,1H3;2*1H;/q2*-1;;;;+2/p-2. The van der Waals surface area contributed by atoms with Crippen LogP contribution in [0.4, 0.5) is 0 Å². The largest absolute Gasteiger partial charge is 1.00 e.